The summed E-state index contributed by atoms with van der Waals surface area (Å²) < 4.78 is 2.02. The SMILES string of the molecule is C=C(CC#N)N1CCC(c2ccc(N(C)c3cc4c(cn3)ncn4C)c(CC)c2)CC1. The highest BCUT2D eigenvalue weighted by molar-refractivity contribution is 5.79. The van der Waals surface area contributed by atoms with Crippen molar-refractivity contribution in [2.75, 3.05) is 25.0 Å². The minimum Gasteiger partial charge on any atom is -0.374 e. The molecule has 3 heterocycles. The summed E-state index contributed by atoms with van der Waals surface area (Å²) in [5.74, 6) is 1.47. The van der Waals surface area contributed by atoms with Crippen LogP contribution in [0, 0.1) is 11.3 Å². The molecule has 1 saturated heterocycles. The Balaban J connectivity index is 1.53. The Morgan fingerprint density at radius 1 is 1.26 bits per heavy atom. The van der Waals surface area contributed by atoms with E-state index in [9.17, 15) is 0 Å². The van der Waals surface area contributed by atoms with E-state index in [1.807, 2.05) is 24.1 Å². The van der Waals surface area contributed by atoms with Gasteiger partial charge in [0.2, 0.25) is 0 Å². The van der Waals surface area contributed by atoms with Crippen LogP contribution in [-0.2, 0) is 13.5 Å². The second kappa shape index (κ2) is 8.81. The fourth-order valence-corrected chi connectivity index (χ4v) is 4.53. The average molecular weight is 415 g/mol. The van der Waals surface area contributed by atoms with Gasteiger partial charge in [-0.3, -0.25) is 0 Å². The number of aryl methyl sites for hydroxylation is 2. The standard InChI is InChI=1S/C25H30N6/c1-5-19-14-21(20-9-12-31(13-10-20)18(2)8-11-26)6-7-23(19)30(4)25-15-24-22(16-27-25)28-17-29(24)3/h6-7,14-17,20H,2,5,8-10,12-13H2,1,3-4H3. The van der Waals surface area contributed by atoms with Gasteiger partial charge in [-0.05, 0) is 42.4 Å². The third-order valence-electron chi connectivity index (χ3n) is 6.48. The van der Waals surface area contributed by atoms with Crippen LogP contribution in [0.25, 0.3) is 11.0 Å². The quantitative estimate of drug-likeness (QED) is 0.574. The largest absolute Gasteiger partial charge is 0.374 e. The number of anilines is 2. The van der Waals surface area contributed by atoms with Crippen LogP contribution >= 0.6 is 0 Å². The van der Waals surface area contributed by atoms with E-state index >= 15 is 0 Å². The number of hydrogen-bond acceptors (Lipinski definition) is 5. The number of piperidine rings is 1. The molecule has 160 valence electrons. The lowest BCUT2D eigenvalue weighted by molar-refractivity contribution is 0.261. The first-order valence-electron chi connectivity index (χ1n) is 10.9. The second-order valence-corrected chi connectivity index (χ2v) is 8.35. The molecule has 0 atom stereocenters. The predicted molar refractivity (Wildman–Crippen MR) is 125 cm³/mol. The third kappa shape index (κ3) is 4.13. The number of hydrogen-bond donors (Lipinski definition) is 0. The highest BCUT2D eigenvalue weighted by Gasteiger charge is 2.22. The van der Waals surface area contributed by atoms with Gasteiger partial charge >= 0.3 is 0 Å². The van der Waals surface area contributed by atoms with Gasteiger partial charge in [-0.15, -0.1) is 0 Å². The smallest absolute Gasteiger partial charge is 0.134 e. The van der Waals surface area contributed by atoms with E-state index in [4.69, 9.17) is 5.26 Å². The van der Waals surface area contributed by atoms with E-state index in [0.29, 0.717) is 12.3 Å². The molecule has 0 unspecified atom stereocenters. The molecule has 0 aliphatic carbocycles. The Hall–Kier alpha value is -3.33. The number of fused-ring (bicyclic) bond motifs is 1. The molecular formula is C25H30N6. The van der Waals surface area contributed by atoms with E-state index in [1.54, 1.807) is 0 Å². The van der Waals surface area contributed by atoms with Crippen LogP contribution in [0.5, 0.6) is 0 Å². The Labute approximate surface area is 184 Å². The Bertz CT molecular complexity index is 1130. The van der Waals surface area contributed by atoms with Crippen molar-refractivity contribution < 1.29 is 0 Å². The summed E-state index contributed by atoms with van der Waals surface area (Å²) in [6, 6.07) is 11.2. The molecule has 1 aliphatic heterocycles. The lowest BCUT2D eigenvalue weighted by Gasteiger charge is -2.34. The zero-order valence-electron chi connectivity index (χ0n) is 18.7. The van der Waals surface area contributed by atoms with Crippen LogP contribution in [-0.4, -0.2) is 39.6 Å². The lowest BCUT2D eigenvalue weighted by Crippen LogP contribution is -2.32. The van der Waals surface area contributed by atoms with E-state index in [0.717, 1.165) is 54.9 Å². The molecule has 0 spiro atoms. The van der Waals surface area contributed by atoms with E-state index in [1.165, 1.54) is 16.8 Å². The topological polar surface area (TPSA) is 61.0 Å². The maximum atomic E-state index is 8.91. The van der Waals surface area contributed by atoms with E-state index in [2.05, 4.69) is 70.7 Å². The molecule has 31 heavy (non-hydrogen) atoms. The van der Waals surface area contributed by atoms with Crippen LogP contribution in [0.15, 0.2) is 49.1 Å². The van der Waals surface area contributed by atoms with Crippen molar-refractivity contribution in [1.82, 2.24) is 19.4 Å². The summed E-state index contributed by atoms with van der Waals surface area (Å²) in [6.45, 7) is 8.22. The van der Waals surface area contributed by atoms with Crippen molar-refractivity contribution in [2.45, 2.75) is 38.5 Å². The van der Waals surface area contributed by atoms with Gasteiger partial charge < -0.3 is 14.4 Å². The molecule has 0 N–H and O–H groups in total. The van der Waals surface area contributed by atoms with Gasteiger partial charge in [0, 0.05) is 44.6 Å². The fourth-order valence-electron chi connectivity index (χ4n) is 4.53. The molecule has 2 aromatic heterocycles. The average Bonchev–Trinajstić information content (AvgIpc) is 3.18. The summed E-state index contributed by atoms with van der Waals surface area (Å²) in [7, 11) is 4.09. The monoisotopic (exact) mass is 414 g/mol. The molecule has 6 heteroatoms. The Kier molecular flexibility index (Phi) is 5.94. The number of nitrogens with zero attached hydrogens (tertiary/aromatic N) is 6. The molecule has 1 aromatic carbocycles. The van der Waals surface area contributed by atoms with Gasteiger partial charge in [0.25, 0.3) is 0 Å². The maximum absolute atomic E-state index is 8.91. The summed E-state index contributed by atoms with van der Waals surface area (Å²) in [5.41, 5.74) is 6.88. The number of allylic oxidation sites excluding steroid dienone is 1. The molecule has 0 radical (unpaired) electrons. The van der Waals surface area contributed by atoms with Crippen LogP contribution in [0.1, 0.15) is 43.2 Å². The van der Waals surface area contributed by atoms with Crippen molar-refractivity contribution in [2.24, 2.45) is 7.05 Å². The van der Waals surface area contributed by atoms with Crippen LogP contribution in [0.2, 0.25) is 0 Å². The highest BCUT2D eigenvalue weighted by Crippen LogP contribution is 2.34. The van der Waals surface area contributed by atoms with Gasteiger partial charge in [-0.2, -0.15) is 5.26 Å². The highest BCUT2D eigenvalue weighted by atomic mass is 15.2. The number of likely N-dealkylation sites (tertiary alicyclic amines) is 1. The molecular weight excluding hydrogens is 384 g/mol. The molecule has 0 bridgehead atoms. The summed E-state index contributed by atoms with van der Waals surface area (Å²) in [5, 5.41) is 8.91. The minimum atomic E-state index is 0.421. The molecule has 1 aliphatic rings. The van der Waals surface area contributed by atoms with E-state index in [-0.39, 0.29) is 0 Å². The summed E-state index contributed by atoms with van der Waals surface area (Å²) in [4.78, 5) is 13.4. The zero-order chi connectivity index (χ0) is 22.0. The second-order valence-electron chi connectivity index (χ2n) is 8.35. The van der Waals surface area contributed by atoms with Crippen molar-refractivity contribution in [1.29, 1.82) is 5.26 Å². The van der Waals surface area contributed by atoms with Crippen LogP contribution in [0.4, 0.5) is 11.5 Å². The first-order chi connectivity index (χ1) is 15.0. The fraction of sp³-hybridized carbons (Fsp3) is 0.400. The predicted octanol–water partition coefficient (Wildman–Crippen LogP) is 4.91. The van der Waals surface area contributed by atoms with Crippen molar-refractivity contribution in [3.8, 4) is 6.07 Å². The summed E-state index contributed by atoms with van der Waals surface area (Å²) >= 11 is 0. The van der Waals surface area contributed by atoms with Gasteiger partial charge in [0.1, 0.15) is 11.3 Å². The number of rotatable bonds is 6. The third-order valence-corrected chi connectivity index (χ3v) is 6.48. The molecule has 4 rings (SSSR count). The van der Waals surface area contributed by atoms with Crippen LogP contribution in [0.3, 0.4) is 0 Å². The molecule has 1 fully saturated rings. The Morgan fingerprint density at radius 3 is 2.74 bits per heavy atom. The molecule has 6 nitrogen and oxygen atoms in total. The van der Waals surface area contributed by atoms with Gasteiger partial charge in [-0.25, -0.2) is 9.97 Å². The van der Waals surface area contributed by atoms with Gasteiger partial charge in [-0.1, -0.05) is 25.6 Å². The first-order valence-corrected chi connectivity index (χ1v) is 10.9. The number of imidazole rings is 1. The number of aromatic nitrogens is 3. The molecule has 3 aromatic rings. The molecule has 0 saturated carbocycles. The van der Waals surface area contributed by atoms with E-state index < -0.39 is 0 Å². The van der Waals surface area contributed by atoms with Gasteiger partial charge in [0.15, 0.2) is 0 Å². The number of benzene rings is 1. The van der Waals surface area contributed by atoms with Crippen molar-refractivity contribution >= 4 is 22.5 Å². The van der Waals surface area contributed by atoms with Crippen molar-refractivity contribution in [3.63, 3.8) is 0 Å². The lowest BCUT2D eigenvalue weighted by atomic mass is 9.87. The zero-order valence-corrected chi connectivity index (χ0v) is 18.7. The number of pyridine rings is 1. The van der Waals surface area contributed by atoms with Crippen molar-refractivity contribution in [3.05, 3.63) is 60.2 Å². The van der Waals surface area contributed by atoms with Gasteiger partial charge in [0.05, 0.1) is 30.5 Å². The normalized spacial score (nSPS) is 14.6. The molecule has 0 amide bonds. The first kappa shape index (κ1) is 20.9. The maximum Gasteiger partial charge on any atom is 0.134 e. The summed E-state index contributed by atoms with van der Waals surface area (Å²) in [6.07, 6.45) is 7.26. The Morgan fingerprint density at radius 2 is 2.03 bits per heavy atom. The van der Waals surface area contributed by atoms with Crippen LogP contribution < -0.4 is 4.90 Å². The number of nitriles is 1. The minimum absolute atomic E-state index is 0.421.